The second kappa shape index (κ2) is 9.37. The lowest BCUT2D eigenvalue weighted by Gasteiger charge is -2.38. The van der Waals surface area contributed by atoms with Gasteiger partial charge in [-0.3, -0.25) is 4.72 Å². The van der Waals surface area contributed by atoms with Crippen LogP contribution >= 0.6 is 11.3 Å². The molecule has 1 aromatic heterocycles. The number of anilines is 2. The Morgan fingerprint density at radius 3 is 2.33 bits per heavy atom. The quantitative estimate of drug-likeness (QED) is 0.513. The van der Waals surface area contributed by atoms with E-state index in [-0.39, 0.29) is 0 Å². The van der Waals surface area contributed by atoms with Crippen molar-refractivity contribution in [1.82, 2.24) is 5.32 Å². The molecular weight excluding hydrogens is 454 g/mol. The molecule has 0 saturated carbocycles. The molecule has 0 bridgehead atoms. The number of sulfonamides is 1. The van der Waals surface area contributed by atoms with Gasteiger partial charge in [0.2, 0.25) is 0 Å². The molecule has 0 radical (unpaired) electrons. The van der Waals surface area contributed by atoms with Crippen LogP contribution < -0.4 is 19.7 Å². The minimum absolute atomic E-state index is 0.293. The number of hydrogen-bond acceptors (Lipinski definition) is 6. The zero-order chi connectivity index (χ0) is 23.8. The Hall–Kier alpha value is -2.55. The number of aryl methyl sites for hydroxylation is 2. The summed E-state index contributed by atoms with van der Waals surface area (Å²) in [6.07, 6.45) is 0. The Kier molecular flexibility index (Phi) is 6.70. The molecule has 3 aromatic rings. The molecule has 0 spiro atoms. The molecule has 33 heavy (non-hydrogen) atoms. The van der Waals surface area contributed by atoms with E-state index in [1.165, 1.54) is 11.3 Å². The van der Waals surface area contributed by atoms with Gasteiger partial charge in [-0.25, -0.2) is 8.42 Å². The van der Waals surface area contributed by atoms with Gasteiger partial charge in [0.15, 0.2) is 0 Å². The first-order valence-corrected chi connectivity index (χ1v) is 13.4. The van der Waals surface area contributed by atoms with E-state index in [0.29, 0.717) is 22.0 Å². The van der Waals surface area contributed by atoms with Crippen molar-refractivity contribution in [2.75, 3.05) is 29.8 Å². The molecule has 2 N–H and O–H groups in total. The highest BCUT2D eigenvalue weighted by molar-refractivity contribution is 7.94. The van der Waals surface area contributed by atoms with Crippen LogP contribution in [0.1, 0.15) is 25.0 Å². The first kappa shape index (κ1) is 23.6. The normalized spacial score (nSPS) is 18.9. The summed E-state index contributed by atoms with van der Waals surface area (Å²) < 4.78 is 35.0. The predicted octanol–water partition coefficient (Wildman–Crippen LogP) is 5.03. The van der Waals surface area contributed by atoms with Crippen LogP contribution in [0.4, 0.5) is 11.4 Å². The minimum atomic E-state index is -3.72. The summed E-state index contributed by atoms with van der Waals surface area (Å²) in [7, 11) is -2.08. The van der Waals surface area contributed by atoms with Crippen molar-refractivity contribution < 1.29 is 13.2 Å². The van der Waals surface area contributed by atoms with Gasteiger partial charge in [-0.05, 0) is 74.7 Å². The zero-order valence-corrected chi connectivity index (χ0v) is 21.3. The van der Waals surface area contributed by atoms with Crippen molar-refractivity contribution in [2.24, 2.45) is 0 Å². The fourth-order valence-corrected chi connectivity index (χ4v) is 7.06. The van der Waals surface area contributed by atoms with Gasteiger partial charge >= 0.3 is 0 Å². The number of piperazine rings is 1. The third kappa shape index (κ3) is 5.03. The zero-order valence-electron chi connectivity index (χ0n) is 19.7. The Bertz CT molecular complexity index is 1220. The van der Waals surface area contributed by atoms with E-state index in [9.17, 15) is 8.42 Å². The van der Waals surface area contributed by atoms with Gasteiger partial charge in [-0.2, -0.15) is 0 Å². The summed E-state index contributed by atoms with van der Waals surface area (Å²) in [5, 5.41) is 3.52. The highest BCUT2D eigenvalue weighted by Crippen LogP contribution is 2.37. The molecule has 6 nitrogen and oxygen atoms in total. The number of methoxy groups -OCH3 is 1. The lowest BCUT2D eigenvalue weighted by molar-refractivity contribution is 0.391. The Morgan fingerprint density at radius 1 is 1.03 bits per heavy atom. The first-order chi connectivity index (χ1) is 15.7. The lowest BCUT2D eigenvalue weighted by Crippen LogP contribution is -2.54. The van der Waals surface area contributed by atoms with Gasteiger partial charge in [0.05, 0.1) is 18.5 Å². The summed E-state index contributed by atoms with van der Waals surface area (Å²) >= 11 is 1.29. The minimum Gasteiger partial charge on any atom is -0.495 e. The Labute approximate surface area is 200 Å². The van der Waals surface area contributed by atoms with Crippen LogP contribution in [0, 0.1) is 13.8 Å². The van der Waals surface area contributed by atoms with Crippen molar-refractivity contribution in [1.29, 1.82) is 0 Å². The summed E-state index contributed by atoms with van der Waals surface area (Å²) in [6.45, 7) is 10.0. The number of thiophene rings is 1. The van der Waals surface area contributed by atoms with E-state index >= 15 is 0 Å². The summed E-state index contributed by atoms with van der Waals surface area (Å²) in [5.74, 6) is 0.729. The maximum absolute atomic E-state index is 13.2. The second-order valence-corrected chi connectivity index (χ2v) is 11.7. The number of ether oxygens (including phenoxy) is 1. The van der Waals surface area contributed by atoms with Crippen molar-refractivity contribution in [3.05, 3.63) is 59.7 Å². The molecule has 0 amide bonds. The van der Waals surface area contributed by atoms with Gasteiger partial charge in [-0.1, -0.05) is 18.2 Å². The molecule has 1 saturated heterocycles. The average molecular weight is 486 g/mol. The molecule has 2 aromatic carbocycles. The largest absolute Gasteiger partial charge is 0.495 e. The van der Waals surface area contributed by atoms with E-state index < -0.39 is 10.0 Å². The predicted molar refractivity (Wildman–Crippen MR) is 137 cm³/mol. The number of benzene rings is 2. The van der Waals surface area contributed by atoms with Gasteiger partial charge in [-0.15, -0.1) is 11.3 Å². The Morgan fingerprint density at radius 2 is 1.70 bits per heavy atom. The van der Waals surface area contributed by atoms with Crippen LogP contribution in [-0.2, 0) is 10.0 Å². The number of rotatable bonds is 6. The molecule has 1 fully saturated rings. The fourth-order valence-electron chi connectivity index (χ4n) is 4.53. The summed E-state index contributed by atoms with van der Waals surface area (Å²) in [6, 6.07) is 15.8. The molecule has 8 heteroatoms. The maximum atomic E-state index is 13.2. The van der Waals surface area contributed by atoms with E-state index in [0.717, 1.165) is 46.1 Å². The van der Waals surface area contributed by atoms with Crippen LogP contribution in [0.3, 0.4) is 0 Å². The molecule has 0 unspecified atom stereocenters. The number of nitrogens with zero attached hydrogens (tertiary/aromatic N) is 1. The smallest absolute Gasteiger partial charge is 0.271 e. The molecule has 1 aliphatic heterocycles. The lowest BCUT2D eigenvalue weighted by atomic mass is 10.0. The molecular formula is C25H31N3O3S2. The standard InChI is InChI=1S/C25H31N3O3S2/c1-16-7-6-8-17(2)25(16)23-11-12-24(32-23)33(29,30)27-20-9-10-22(31-5)21(13-20)28-14-18(3)26-19(4)15-28/h6-13,18-19,26-27H,14-15H2,1-5H3/t18-,19+. The van der Waals surface area contributed by atoms with Gasteiger partial charge in [0.25, 0.3) is 10.0 Å². The first-order valence-electron chi connectivity index (χ1n) is 11.1. The highest BCUT2D eigenvalue weighted by atomic mass is 32.2. The van der Waals surface area contributed by atoms with Crippen LogP contribution in [0.2, 0.25) is 0 Å². The second-order valence-electron chi connectivity index (χ2n) is 8.75. The van der Waals surface area contributed by atoms with Crippen molar-refractivity contribution >= 4 is 32.7 Å². The van der Waals surface area contributed by atoms with Gasteiger partial charge < -0.3 is 15.0 Å². The van der Waals surface area contributed by atoms with Crippen molar-refractivity contribution in [2.45, 2.75) is 44.0 Å². The highest BCUT2D eigenvalue weighted by Gasteiger charge is 2.25. The number of hydrogen-bond donors (Lipinski definition) is 2. The van der Waals surface area contributed by atoms with Gasteiger partial charge in [0.1, 0.15) is 9.96 Å². The molecule has 176 valence electrons. The molecule has 1 aliphatic rings. The summed E-state index contributed by atoms with van der Waals surface area (Å²) in [5.41, 5.74) is 4.77. The molecule has 2 heterocycles. The van der Waals surface area contributed by atoms with Crippen LogP contribution in [0.15, 0.2) is 52.7 Å². The topological polar surface area (TPSA) is 70.7 Å². The van der Waals surface area contributed by atoms with E-state index in [1.54, 1.807) is 19.2 Å². The average Bonchev–Trinajstić information content (AvgIpc) is 3.23. The number of nitrogens with one attached hydrogen (secondary N) is 2. The molecule has 4 rings (SSSR count). The van der Waals surface area contributed by atoms with E-state index in [1.807, 2.05) is 50.2 Å². The van der Waals surface area contributed by atoms with Crippen molar-refractivity contribution in [3.8, 4) is 16.2 Å². The molecule has 2 atom stereocenters. The Balaban J connectivity index is 1.62. The molecule has 0 aliphatic carbocycles. The van der Waals surface area contributed by atoms with Gasteiger partial charge in [0, 0.05) is 30.1 Å². The van der Waals surface area contributed by atoms with E-state index in [4.69, 9.17) is 4.74 Å². The van der Waals surface area contributed by atoms with Crippen LogP contribution in [0.25, 0.3) is 10.4 Å². The third-order valence-corrected chi connectivity index (χ3v) is 8.88. The summed E-state index contributed by atoms with van der Waals surface area (Å²) in [4.78, 5) is 3.19. The van der Waals surface area contributed by atoms with Crippen LogP contribution in [0.5, 0.6) is 5.75 Å². The van der Waals surface area contributed by atoms with Crippen molar-refractivity contribution in [3.63, 3.8) is 0 Å². The third-order valence-electron chi connectivity index (χ3n) is 5.90. The maximum Gasteiger partial charge on any atom is 0.271 e. The van der Waals surface area contributed by atoms with Crippen LogP contribution in [-0.4, -0.2) is 40.7 Å². The monoisotopic (exact) mass is 485 g/mol. The SMILES string of the molecule is COc1ccc(NS(=O)(=O)c2ccc(-c3c(C)cccc3C)s2)cc1N1C[C@@H](C)N[C@@H](C)C1. The van der Waals surface area contributed by atoms with E-state index in [2.05, 4.69) is 28.8 Å². The fraction of sp³-hybridized carbons (Fsp3) is 0.360.